The van der Waals surface area contributed by atoms with Crippen LogP contribution in [0.5, 0.6) is 0 Å². The summed E-state index contributed by atoms with van der Waals surface area (Å²) in [7, 11) is -9.26. The van der Waals surface area contributed by atoms with E-state index in [0.29, 0.717) is 6.07 Å². The van der Waals surface area contributed by atoms with Gasteiger partial charge in [0.15, 0.2) is 27.5 Å². The highest BCUT2D eigenvalue weighted by atomic mass is 35.5. The number of hydrogen-bond donors (Lipinski definition) is 4. The number of aliphatic carboxylic acids is 2. The van der Waals surface area contributed by atoms with Crippen LogP contribution in [0.25, 0.3) is 22.0 Å². The molecule has 7 rings (SSSR count). The second kappa shape index (κ2) is 19.5. The summed E-state index contributed by atoms with van der Waals surface area (Å²) in [5.74, 6) is -11.6. The van der Waals surface area contributed by atoms with Gasteiger partial charge < -0.3 is 25.4 Å². The molecule has 2 aromatic carbocycles. The number of carboxylic acids is 2. The number of nitrogens with zero attached hydrogens (tertiary/aromatic N) is 6. The zero-order valence-corrected chi connectivity index (χ0v) is 41.3. The molecular formula is C44H36ClF10N7O12S2. The number of hydrogen-bond acceptors (Lipinski definition) is 13. The van der Waals surface area contributed by atoms with Crippen LogP contribution in [0.4, 0.5) is 54.5 Å². The van der Waals surface area contributed by atoms with Crippen molar-refractivity contribution in [3.8, 4) is 23.0 Å². The molecule has 32 heteroatoms. The monoisotopic (exact) mass is 1140 g/mol. The lowest BCUT2D eigenvalue weighted by Crippen LogP contribution is -2.47. The van der Waals surface area contributed by atoms with Gasteiger partial charge in [0.05, 0.1) is 33.9 Å². The van der Waals surface area contributed by atoms with E-state index in [1.807, 2.05) is 0 Å². The molecule has 76 heavy (non-hydrogen) atoms. The van der Waals surface area contributed by atoms with E-state index in [9.17, 15) is 86.5 Å². The van der Waals surface area contributed by atoms with Gasteiger partial charge in [-0.15, -0.1) is 0 Å². The average molecular weight is 1140 g/mol. The molecule has 2 aliphatic carbocycles. The Hall–Kier alpha value is -7.04. The summed E-state index contributed by atoms with van der Waals surface area (Å²) in [5, 5.41) is 36.4. The molecule has 0 bridgehead atoms. The van der Waals surface area contributed by atoms with E-state index in [2.05, 4.69) is 37.1 Å². The van der Waals surface area contributed by atoms with Crippen molar-refractivity contribution in [3.63, 3.8) is 0 Å². The maximum atomic E-state index is 15.6. The van der Waals surface area contributed by atoms with Crippen LogP contribution in [-0.4, -0.2) is 116 Å². The zero-order valence-electron chi connectivity index (χ0n) is 38.9. The molecule has 2 aliphatic rings. The van der Waals surface area contributed by atoms with Crippen molar-refractivity contribution in [2.75, 3.05) is 16.8 Å². The fourth-order valence-corrected chi connectivity index (χ4v) is 9.54. The summed E-state index contributed by atoms with van der Waals surface area (Å²) in [6, 6.07) is 3.86. The SMILES string of the molecule is CC(C)(C#Cc1ccc(-c2ccc(Cl)c3c(N(C(=O)OC(C(=O)O)C(O)C(=O)O)S(C)(=O)=O)nn(CC(F)(F)F)c23)c(C(Cc2cc(F)cc(F)c2)NC(=O)Cn2nc(C(F)(F)F)c3c2C(F)(F)[C@@H]2C[C@H]32)n1)S(C)(=O)=O. The first-order chi connectivity index (χ1) is 34.8. The topological polar surface area (TPSA) is 270 Å². The van der Waals surface area contributed by atoms with Crippen LogP contribution in [0, 0.1) is 29.4 Å². The van der Waals surface area contributed by atoms with Crippen molar-refractivity contribution in [1.29, 1.82) is 0 Å². The zero-order chi connectivity index (χ0) is 56.7. The van der Waals surface area contributed by atoms with Crippen LogP contribution >= 0.6 is 11.6 Å². The number of amides is 2. The lowest BCUT2D eigenvalue weighted by atomic mass is 9.93. The predicted octanol–water partition coefficient (Wildman–Crippen LogP) is 6.09. The Morgan fingerprint density at radius 1 is 0.934 bits per heavy atom. The third-order valence-corrected chi connectivity index (χ3v) is 15.3. The van der Waals surface area contributed by atoms with Crippen molar-refractivity contribution in [3.05, 3.63) is 93.0 Å². The molecule has 19 nitrogen and oxygen atoms in total. The van der Waals surface area contributed by atoms with Gasteiger partial charge in [-0.1, -0.05) is 23.6 Å². The van der Waals surface area contributed by atoms with Gasteiger partial charge in [-0.25, -0.2) is 45.0 Å². The lowest BCUT2D eigenvalue weighted by molar-refractivity contribution is -0.165. The number of carbonyl (C=O) groups is 4. The molecular weight excluding hydrogens is 1110 g/mol. The molecule has 3 aromatic heterocycles. The van der Waals surface area contributed by atoms with E-state index >= 15 is 8.78 Å². The molecule has 1 fully saturated rings. The minimum Gasteiger partial charge on any atom is -0.479 e. The molecule has 0 spiro atoms. The molecule has 4 N–H and O–H groups in total. The van der Waals surface area contributed by atoms with E-state index < -0.39 is 194 Å². The summed E-state index contributed by atoms with van der Waals surface area (Å²) in [5.41, 5.74) is -7.00. The molecule has 3 heterocycles. The maximum absolute atomic E-state index is 15.6. The minimum atomic E-state index is -5.31. The van der Waals surface area contributed by atoms with Gasteiger partial charge in [-0.2, -0.15) is 49.6 Å². The number of benzene rings is 2. The third-order valence-electron chi connectivity index (χ3n) is 12.0. The molecule has 408 valence electrons. The number of pyridine rings is 1. The van der Waals surface area contributed by atoms with Crippen LogP contribution in [0.1, 0.15) is 66.1 Å². The van der Waals surface area contributed by atoms with Gasteiger partial charge in [-0.3, -0.25) is 14.2 Å². The number of alkyl halides is 8. The maximum Gasteiger partial charge on any atom is 0.435 e. The van der Waals surface area contributed by atoms with E-state index in [0.717, 1.165) is 42.7 Å². The Morgan fingerprint density at radius 2 is 1.55 bits per heavy atom. The number of sulfone groups is 1. The van der Waals surface area contributed by atoms with Crippen LogP contribution in [0.15, 0.2) is 42.5 Å². The average Bonchev–Trinajstić information content (AvgIpc) is 3.78. The Labute approximate surface area is 426 Å². The van der Waals surface area contributed by atoms with Crippen LogP contribution in [-0.2, 0) is 70.6 Å². The van der Waals surface area contributed by atoms with E-state index in [4.69, 9.17) is 11.6 Å². The second-order valence-electron chi connectivity index (χ2n) is 18.0. The van der Waals surface area contributed by atoms with Gasteiger partial charge in [-0.05, 0) is 74.4 Å². The number of aliphatic hydroxyl groups is 1. The number of carbonyl (C=O) groups excluding carboxylic acids is 2. The molecule has 1 saturated carbocycles. The van der Waals surface area contributed by atoms with Gasteiger partial charge in [0.1, 0.15) is 40.9 Å². The number of aliphatic hydroxyl groups excluding tert-OH is 1. The van der Waals surface area contributed by atoms with Crippen LogP contribution in [0.2, 0.25) is 5.02 Å². The molecule has 0 aliphatic heterocycles. The van der Waals surface area contributed by atoms with Crippen molar-refractivity contribution in [2.24, 2.45) is 5.92 Å². The summed E-state index contributed by atoms with van der Waals surface area (Å²) in [4.78, 5) is 55.6. The van der Waals surface area contributed by atoms with E-state index in [-0.39, 0.29) is 27.6 Å². The number of carboxylic acid groups (broad SMARTS) is 2. The summed E-state index contributed by atoms with van der Waals surface area (Å²) in [6.07, 6.45) is -19.1. The largest absolute Gasteiger partial charge is 0.479 e. The Morgan fingerprint density at radius 3 is 2.11 bits per heavy atom. The second-order valence-corrected chi connectivity index (χ2v) is 22.8. The van der Waals surface area contributed by atoms with Gasteiger partial charge in [0.2, 0.25) is 22.0 Å². The highest BCUT2D eigenvalue weighted by Crippen LogP contribution is 2.68. The molecule has 0 saturated heterocycles. The van der Waals surface area contributed by atoms with Crippen LogP contribution in [0.3, 0.4) is 0 Å². The third kappa shape index (κ3) is 11.2. The molecule has 0 radical (unpaired) electrons. The normalized spacial score (nSPS) is 17.4. The Balaban J connectivity index is 1.49. The highest BCUT2D eigenvalue weighted by molar-refractivity contribution is 7.93. The first kappa shape index (κ1) is 56.7. The molecule has 3 unspecified atom stereocenters. The van der Waals surface area contributed by atoms with Crippen molar-refractivity contribution < 1.29 is 100.0 Å². The number of anilines is 1. The Kier molecular flexibility index (Phi) is 14.6. The molecule has 5 atom stereocenters. The number of fused-ring (bicyclic) bond motifs is 4. The summed E-state index contributed by atoms with van der Waals surface area (Å²) in [6.45, 7) is -1.21. The fraction of sp³-hybridized carbons (Fsp3) is 0.386. The summed E-state index contributed by atoms with van der Waals surface area (Å²) < 4.78 is 201. The Bertz CT molecular complexity index is 3540. The highest BCUT2D eigenvalue weighted by Gasteiger charge is 2.68. The van der Waals surface area contributed by atoms with Crippen molar-refractivity contribution in [1.82, 2.24) is 29.9 Å². The molecule has 2 amide bonds. The van der Waals surface area contributed by atoms with Gasteiger partial charge in [0, 0.05) is 34.9 Å². The molecule has 5 aromatic rings. The van der Waals surface area contributed by atoms with Gasteiger partial charge >= 0.3 is 30.4 Å². The van der Waals surface area contributed by atoms with E-state index in [1.165, 1.54) is 13.8 Å². The van der Waals surface area contributed by atoms with Gasteiger partial charge in [0.25, 0.3) is 5.92 Å². The number of halogens is 11. The minimum absolute atomic E-state index is 0.0288. The van der Waals surface area contributed by atoms with Crippen molar-refractivity contribution in [2.45, 2.75) is 87.0 Å². The summed E-state index contributed by atoms with van der Waals surface area (Å²) >= 11 is 6.52. The predicted molar refractivity (Wildman–Crippen MR) is 242 cm³/mol. The lowest BCUT2D eigenvalue weighted by Gasteiger charge is -2.23. The van der Waals surface area contributed by atoms with Crippen LogP contribution < -0.4 is 9.62 Å². The number of aromatic nitrogens is 5. The fourth-order valence-electron chi connectivity index (χ4n) is 8.31. The number of sulfonamides is 1. The van der Waals surface area contributed by atoms with Crippen molar-refractivity contribution >= 4 is 72.1 Å². The van der Waals surface area contributed by atoms with E-state index in [1.54, 1.807) is 0 Å². The number of ether oxygens (including phenoxy) is 1. The first-order valence-corrected chi connectivity index (χ1v) is 25.6. The first-order valence-electron chi connectivity index (χ1n) is 21.5. The quantitative estimate of drug-likeness (QED) is 0.0682. The number of rotatable bonds is 15. The number of nitrogens with one attached hydrogen (secondary N) is 1. The standard InChI is InChI=1S/C44H36ClF10N7O12S2/c1-41(2,75(3,70)71)10-9-21-5-6-22(23-7-8-26(45)30-32(23)61(17-42(48,49)50)59-37(30)62(76(4,72)73)40(69)74-34(39(67)68)33(64)38(65)66)31(56-21)27(13-18-11-19(46)14-20(47)12-18)57-28(63)16-60-36-29(35(58-60)44(53,54)55)24-15-25(24)43(36,51)52/h5-8,11-12,14,24-25,27,33-34,64H,13,15-17H2,1-4H3,(H,57,63)(H,65,66)(H,67,68)/t24-,25+,27?,33?,34?/m0/s1. The smallest absolute Gasteiger partial charge is 0.435 e.